The number of nitro groups is 1. The summed E-state index contributed by atoms with van der Waals surface area (Å²) in [6.45, 7) is 0.446. The molecule has 8 nitrogen and oxygen atoms in total. The third-order valence-corrected chi connectivity index (χ3v) is 3.89. The summed E-state index contributed by atoms with van der Waals surface area (Å²) in [6.07, 6.45) is 1.59. The van der Waals surface area contributed by atoms with Gasteiger partial charge in [-0.2, -0.15) is 0 Å². The van der Waals surface area contributed by atoms with Gasteiger partial charge in [0, 0.05) is 43.0 Å². The number of nitro benzene ring substituents is 1. The fourth-order valence-corrected chi connectivity index (χ4v) is 2.56. The van der Waals surface area contributed by atoms with E-state index < -0.39 is 4.92 Å². The molecule has 0 atom stereocenters. The van der Waals surface area contributed by atoms with Crippen LogP contribution in [-0.4, -0.2) is 32.0 Å². The predicted molar refractivity (Wildman–Crippen MR) is 96.5 cm³/mol. The minimum atomic E-state index is -0.450. The van der Waals surface area contributed by atoms with Gasteiger partial charge in [-0.15, -0.1) is 0 Å². The Hall–Kier alpha value is -3.13. The number of benzene rings is 2. The molecule has 1 aliphatic rings. The lowest BCUT2D eigenvalue weighted by Crippen LogP contribution is -2.14. The summed E-state index contributed by atoms with van der Waals surface area (Å²) in [5, 5.41) is 15.0. The summed E-state index contributed by atoms with van der Waals surface area (Å²) >= 11 is 0. The zero-order chi connectivity index (χ0) is 18.5. The van der Waals surface area contributed by atoms with E-state index in [1.807, 2.05) is 43.3 Å². The van der Waals surface area contributed by atoms with Crippen molar-refractivity contribution in [1.82, 2.24) is 0 Å². The van der Waals surface area contributed by atoms with E-state index >= 15 is 0 Å². The molecule has 136 valence electrons. The molecular formula is C18H19N3O5. The Labute approximate surface area is 150 Å². The molecule has 0 saturated heterocycles. The molecule has 8 heteroatoms. The van der Waals surface area contributed by atoms with Crippen LogP contribution >= 0.6 is 0 Å². The average Bonchev–Trinajstić information content (AvgIpc) is 2.65. The van der Waals surface area contributed by atoms with Gasteiger partial charge < -0.3 is 19.2 Å². The van der Waals surface area contributed by atoms with E-state index in [2.05, 4.69) is 5.16 Å². The standard InChI is InChI=1S/C18H19N3O5/c1-20(2)16-5-3-13(4-6-16)9-19-26-11-15-8-17(21(22)23)7-14-10-24-12-25-18(14)15/h3-9H,10-12H2,1-2H3/b19-9-. The molecule has 26 heavy (non-hydrogen) atoms. The minimum Gasteiger partial charge on any atom is -0.467 e. The predicted octanol–water partition coefficient (Wildman–Crippen LogP) is 3.08. The molecule has 0 fully saturated rings. The van der Waals surface area contributed by atoms with Crippen LogP contribution in [0.25, 0.3) is 0 Å². The van der Waals surface area contributed by atoms with E-state index in [0.717, 1.165) is 11.3 Å². The number of hydrogen-bond acceptors (Lipinski definition) is 7. The maximum absolute atomic E-state index is 11.1. The van der Waals surface area contributed by atoms with Gasteiger partial charge in [0.1, 0.15) is 12.4 Å². The zero-order valence-corrected chi connectivity index (χ0v) is 14.5. The smallest absolute Gasteiger partial charge is 0.270 e. The van der Waals surface area contributed by atoms with E-state index in [1.165, 1.54) is 12.1 Å². The van der Waals surface area contributed by atoms with Gasteiger partial charge in [0.15, 0.2) is 6.79 Å². The fourth-order valence-electron chi connectivity index (χ4n) is 2.56. The summed E-state index contributed by atoms with van der Waals surface area (Å²) < 4.78 is 10.6. The molecule has 1 heterocycles. The number of ether oxygens (including phenoxy) is 2. The van der Waals surface area contributed by atoms with E-state index in [0.29, 0.717) is 16.9 Å². The van der Waals surface area contributed by atoms with Gasteiger partial charge >= 0.3 is 0 Å². The Bertz CT molecular complexity index is 818. The highest BCUT2D eigenvalue weighted by Gasteiger charge is 2.21. The number of oxime groups is 1. The monoisotopic (exact) mass is 357 g/mol. The molecule has 0 saturated carbocycles. The largest absolute Gasteiger partial charge is 0.467 e. The van der Waals surface area contributed by atoms with Gasteiger partial charge in [0.25, 0.3) is 5.69 Å². The van der Waals surface area contributed by atoms with Crippen molar-refractivity contribution in [2.24, 2.45) is 5.16 Å². The van der Waals surface area contributed by atoms with Crippen molar-refractivity contribution in [3.63, 3.8) is 0 Å². The van der Waals surface area contributed by atoms with E-state index in [9.17, 15) is 10.1 Å². The third-order valence-electron chi connectivity index (χ3n) is 3.89. The first-order chi connectivity index (χ1) is 12.5. The van der Waals surface area contributed by atoms with Gasteiger partial charge in [-0.3, -0.25) is 10.1 Å². The van der Waals surface area contributed by atoms with Gasteiger partial charge in [-0.1, -0.05) is 17.3 Å². The van der Waals surface area contributed by atoms with E-state index in [4.69, 9.17) is 14.3 Å². The summed E-state index contributed by atoms with van der Waals surface area (Å²) in [5.41, 5.74) is 3.15. The summed E-state index contributed by atoms with van der Waals surface area (Å²) in [4.78, 5) is 18.0. The second-order valence-electron chi connectivity index (χ2n) is 5.95. The van der Waals surface area contributed by atoms with Crippen LogP contribution in [-0.2, 0) is 22.8 Å². The molecule has 3 rings (SSSR count). The van der Waals surface area contributed by atoms with Crippen LogP contribution < -0.4 is 9.64 Å². The molecule has 0 amide bonds. The number of non-ortho nitro benzene ring substituents is 1. The van der Waals surface area contributed by atoms with Crippen LogP contribution in [0.1, 0.15) is 16.7 Å². The van der Waals surface area contributed by atoms with Crippen LogP contribution in [0.2, 0.25) is 0 Å². The van der Waals surface area contributed by atoms with Crippen molar-refractivity contribution >= 4 is 17.6 Å². The molecule has 2 aromatic carbocycles. The highest BCUT2D eigenvalue weighted by molar-refractivity contribution is 5.79. The van der Waals surface area contributed by atoms with Gasteiger partial charge in [0.05, 0.1) is 17.7 Å². The van der Waals surface area contributed by atoms with Crippen molar-refractivity contribution < 1.29 is 19.2 Å². The number of rotatable bonds is 6. The topological polar surface area (TPSA) is 86.4 Å². The lowest BCUT2D eigenvalue weighted by atomic mass is 10.1. The molecule has 0 aromatic heterocycles. The SMILES string of the molecule is CN(C)c1ccc(/C=N\OCc2cc([N+](=O)[O-])cc3c2OCOC3)cc1. The Morgan fingerprint density at radius 2 is 2.08 bits per heavy atom. The van der Waals surface area contributed by atoms with Crippen LogP contribution in [0, 0.1) is 10.1 Å². The van der Waals surface area contributed by atoms with Crippen molar-refractivity contribution in [3.8, 4) is 5.75 Å². The maximum atomic E-state index is 11.1. The molecule has 0 unspecified atom stereocenters. The van der Waals surface area contributed by atoms with Gasteiger partial charge in [-0.25, -0.2) is 0 Å². The lowest BCUT2D eigenvalue weighted by molar-refractivity contribution is -0.385. The van der Waals surface area contributed by atoms with Crippen LogP contribution in [0.15, 0.2) is 41.6 Å². The Balaban J connectivity index is 1.69. The normalized spacial score (nSPS) is 13.2. The fraction of sp³-hybridized carbons (Fsp3) is 0.278. The second kappa shape index (κ2) is 7.83. The number of anilines is 1. The Morgan fingerprint density at radius 3 is 2.77 bits per heavy atom. The van der Waals surface area contributed by atoms with Crippen molar-refractivity contribution in [2.45, 2.75) is 13.2 Å². The van der Waals surface area contributed by atoms with Gasteiger partial charge in [0.2, 0.25) is 0 Å². The molecule has 0 spiro atoms. The molecule has 0 N–H and O–H groups in total. The molecule has 1 aliphatic heterocycles. The average molecular weight is 357 g/mol. The summed E-state index contributed by atoms with van der Waals surface area (Å²) in [7, 11) is 3.94. The van der Waals surface area contributed by atoms with Crippen LogP contribution in [0.4, 0.5) is 11.4 Å². The number of hydrogen-bond donors (Lipinski definition) is 0. The second-order valence-corrected chi connectivity index (χ2v) is 5.95. The first-order valence-electron chi connectivity index (χ1n) is 7.98. The highest BCUT2D eigenvalue weighted by atomic mass is 16.7. The number of nitrogens with zero attached hydrogens (tertiary/aromatic N) is 3. The van der Waals surface area contributed by atoms with E-state index in [1.54, 1.807) is 6.21 Å². The van der Waals surface area contributed by atoms with Crippen LogP contribution in [0.5, 0.6) is 5.75 Å². The van der Waals surface area contributed by atoms with Crippen molar-refractivity contribution in [2.75, 3.05) is 25.8 Å². The van der Waals surface area contributed by atoms with Crippen LogP contribution in [0.3, 0.4) is 0 Å². The Morgan fingerprint density at radius 1 is 1.31 bits per heavy atom. The third kappa shape index (κ3) is 4.09. The van der Waals surface area contributed by atoms with E-state index in [-0.39, 0.29) is 25.7 Å². The quantitative estimate of drug-likeness (QED) is 0.449. The first kappa shape index (κ1) is 17.7. The van der Waals surface area contributed by atoms with Crippen molar-refractivity contribution in [3.05, 3.63) is 63.2 Å². The maximum Gasteiger partial charge on any atom is 0.270 e. The first-order valence-corrected chi connectivity index (χ1v) is 7.98. The highest BCUT2D eigenvalue weighted by Crippen LogP contribution is 2.33. The molecule has 0 aliphatic carbocycles. The molecule has 0 radical (unpaired) electrons. The molecule has 0 bridgehead atoms. The molecular weight excluding hydrogens is 338 g/mol. The summed E-state index contributed by atoms with van der Waals surface area (Å²) in [6, 6.07) is 10.7. The minimum absolute atomic E-state index is 0.0281. The zero-order valence-electron chi connectivity index (χ0n) is 14.5. The van der Waals surface area contributed by atoms with Gasteiger partial charge in [-0.05, 0) is 17.7 Å². The summed E-state index contributed by atoms with van der Waals surface area (Å²) in [5.74, 6) is 0.562. The van der Waals surface area contributed by atoms with Crippen molar-refractivity contribution in [1.29, 1.82) is 0 Å². The lowest BCUT2D eigenvalue weighted by Gasteiger charge is -2.20. The molecule has 2 aromatic rings. The Kier molecular flexibility index (Phi) is 5.33. The number of fused-ring (bicyclic) bond motifs is 1.